The maximum Gasteiger partial charge on any atom is 0.416 e. The van der Waals surface area contributed by atoms with Gasteiger partial charge in [-0.15, -0.1) is 0 Å². The molecule has 1 heterocycles. The van der Waals surface area contributed by atoms with Crippen molar-refractivity contribution in [1.29, 1.82) is 0 Å². The van der Waals surface area contributed by atoms with Gasteiger partial charge in [0, 0.05) is 19.9 Å². The molecule has 0 radical (unpaired) electrons. The van der Waals surface area contributed by atoms with Crippen LogP contribution in [0.2, 0.25) is 0 Å². The van der Waals surface area contributed by atoms with Crippen molar-refractivity contribution in [3.63, 3.8) is 0 Å². The zero-order chi connectivity index (χ0) is 14.2. The Morgan fingerprint density at radius 1 is 1.42 bits per heavy atom. The molecule has 2 rings (SSSR count). The minimum Gasteiger partial charge on any atom is -0.420 e. The summed E-state index contributed by atoms with van der Waals surface area (Å²) in [6.45, 7) is 3.55. The lowest BCUT2D eigenvalue weighted by atomic mass is 10.1. The summed E-state index contributed by atoms with van der Waals surface area (Å²) in [5.74, 6) is -0.0181. The van der Waals surface area contributed by atoms with Gasteiger partial charge in [-0.05, 0) is 26.0 Å². The second kappa shape index (κ2) is 4.83. The third-order valence-electron chi connectivity index (χ3n) is 3.06. The number of allylic oxidation sites excluding steroid dienone is 2. The largest absolute Gasteiger partial charge is 0.420 e. The molecule has 0 bridgehead atoms. The Morgan fingerprint density at radius 2 is 2.11 bits per heavy atom. The van der Waals surface area contributed by atoms with Gasteiger partial charge < -0.3 is 9.84 Å². The predicted octanol–water partition coefficient (Wildman–Crippen LogP) is 2.86. The molecular formula is C13H16NO4P. The van der Waals surface area contributed by atoms with Gasteiger partial charge in [0.2, 0.25) is 5.78 Å². The van der Waals surface area contributed by atoms with Gasteiger partial charge in [0.15, 0.2) is 0 Å². The molecular weight excluding hydrogens is 265 g/mol. The first kappa shape index (κ1) is 13.8. The van der Waals surface area contributed by atoms with Crippen molar-refractivity contribution in [3.05, 3.63) is 40.3 Å². The van der Waals surface area contributed by atoms with E-state index >= 15 is 0 Å². The molecule has 0 spiro atoms. The molecule has 1 atom stereocenters. The molecule has 0 fully saturated rings. The van der Waals surface area contributed by atoms with E-state index in [2.05, 4.69) is 5.32 Å². The Balaban J connectivity index is 2.71. The van der Waals surface area contributed by atoms with Crippen molar-refractivity contribution in [3.8, 4) is 5.75 Å². The van der Waals surface area contributed by atoms with Crippen molar-refractivity contribution in [1.82, 2.24) is 5.32 Å². The maximum atomic E-state index is 12.6. The van der Waals surface area contributed by atoms with Gasteiger partial charge in [0.25, 0.3) is 0 Å². The van der Waals surface area contributed by atoms with E-state index in [9.17, 15) is 9.36 Å². The highest BCUT2D eigenvalue weighted by Gasteiger charge is 2.43. The molecule has 19 heavy (non-hydrogen) atoms. The third-order valence-corrected chi connectivity index (χ3v) is 5.06. The van der Waals surface area contributed by atoms with Crippen LogP contribution in [0.1, 0.15) is 22.8 Å². The molecule has 102 valence electrons. The second-order valence-corrected chi connectivity index (χ2v) is 6.31. The predicted molar refractivity (Wildman–Crippen MR) is 72.5 cm³/mol. The molecule has 1 unspecified atom stereocenters. The lowest BCUT2D eigenvalue weighted by Gasteiger charge is -2.27. The Morgan fingerprint density at radius 3 is 2.68 bits per heavy atom. The number of benzene rings is 1. The number of Topliss-reactive ketones (excluding diaryl/α,β-unsaturated/α-hetero) is 1. The zero-order valence-corrected chi connectivity index (χ0v) is 12.2. The van der Waals surface area contributed by atoms with E-state index in [1.807, 2.05) is 6.92 Å². The standard InChI is InChI=1S/C13H16NO4P/c1-8-5-6-11-10(7-8)12(15)13(9(2)14-3)19(16,17-4)18-11/h5-7,14H,1-4H3/b13-9+. The molecule has 0 aliphatic carbocycles. The van der Waals surface area contributed by atoms with Crippen LogP contribution in [0.25, 0.3) is 0 Å². The van der Waals surface area contributed by atoms with E-state index in [0.717, 1.165) is 5.56 Å². The molecule has 6 heteroatoms. The number of hydrogen-bond donors (Lipinski definition) is 1. The van der Waals surface area contributed by atoms with Gasteiger partial charge in [-0.1, -0.05) is 11.6 Å². The monoisotopic (exact) mass is 281 g/mol. The maximum absolute atomic E-state index is 12.6. The minimum atomic E-state index is -3.61. The average Bonchev–Trinajstić information content (AvgIpc) is 2.39. The summed E-state index contributed by atoms with van der Waals surface area (Å²) in [6.07, 6.45) is 0. The number of rotatable bonds is 2. The third kappa shape index (κ3) is 2.20. The topological polar surface area (TPSA) is 64.6 Å². The number of carbonyl (C=O) groups excluding carboxylic acids is 1. The van der Waals surface area contributed by atoms with Crippen LogP contribution in [0, 0.1) is 6.92 Å². The first-order valence-electron chi connectivity index (χ1n) is 5.83. The van der Waals surface area contributed by atoms with E-state index in [1.165, 1.54) is 7.11 Å². The Labute approximate surface area is 112 Å². The number of nitrogens with one attached hydrogen (secondary N) is 1. The highest BCUT2D eigenvalue weighted by Crippen LogP contribution is 2.60. The minimum absolute atomic E-state index is 0.0654. The Bertz CT molecular complexity index is 621. The highest BCUT2D eigenvalue weighted by atomic mass is 31.2. The summed E-state index contributed by atoms with van der Waals surface area (Å²) in [5, 5.41) is 2.89. The van der Waals surface area contributed by atoms with E-state index in [0.29, 0.717) is 17.0 Å². The SMILES string of the molecule is CN/C(C)=C1\C(=O)c2cc(C)ccc2OP1(=O)OC. The molecule has 0 saturated heterocycles. The molecule has 1 aromatic carbocycles. The van der Waals surface area contributed by atoms with Crippen molar-refractivity contribution in [2.24, 2.45) is 0 Å². The first-order valence-corrected chi connectivity index (χ1v) is 7.37. The van der Waals surface area contributed by atoms with Crippen LogP contribution in [0.3, 0.4) is 0 Å². The van der Waals surface area contributed by atoms with Crippen LogP contribution in [0.5, 0.6) is 5.75 Å². The number of hydrogen-bond acceptors (Lipinski definition) is 5. The number of ketones is 1. The number of aryl methyl sites for hydroxylation is 1. The normalized spacial score (nSPS) is 24.5. The summed E-state index contributed by atoms with van der Waals surface area (Å²) < 4.78 is 23.1. The molecule has 0 amide bonds. The van der Waals surface area contributed by atoms with E-state index in [4.69, 9.17) is 9.05 Å². The van der Waals surface area contributed by atoms with Crippen molar-refractivity contribution >= 4 is 13.4 Å². The zero-order valence-electron chi connectivity index (χ0n) is 11.3. The smallest absolute Gasteiger partial charge is 0.416 e. The molecule has 1 aliphatic rings. The molecule has 0 aromatic heterocycles. The molecule has 1 aromatic rings. The van der Waals surface area contributed by atoms with Crippen LogP contribution >= 0.6 is 7.60 Å². The van der Waals surface area contributed by atoms with E-state index in [-0.39, 0.29) is 11.1 Å². The van der Waals surface area contributed by atoms with Gasteiger partial charge in [-0.2, -0.15) is 0 Å². The number of fused-ring (bicyclic) bond motifs is 1. The summed E-state index contributed by atoms with van der Waals surface area (Å²) >= 11 is 0. The van der Waals surface area contributed by atoms with Crippen molar-refractivity contribution < 1.29 is 18.4 Å². The van der Waals surface area contributed by atoms with E-state index < -0.39 is 7.60 Å². The Hall–Kier alpha value is -1.58. The fourth-order valence-corrected chi connectivity index (χ4v) is 3.61. The second-order valence-electron chi connectivity index (χ2n) is 4.32. The van der Waals surface area contributed by atoms with Gasteiger partial charge in [-0.25, -0.2) is 4.57 Å². The summed E-state index contributed by atoms with van der Waals surface area (Å²) in [5.41, 5.74) is 1.83. The van der Waals surface area contributed by atoms with Crippen LogP contribution in [-0.4, -0.2) is 19.9 Å². The fourth-order valence-electron chi connectivity index (χ4n) is 1.95. The lowest BCUT2D eigenvalue weighted by molar-refractivity contribution is 0.102. The van der Waals surface area contributed by atoms with Gasteiger partial charge in [0.05, 0.1) is 5.56 Å². The van der Waals surface area contributed by atoms with Crippen LogP contribution in [0.15, 0.2) is 29.2 Å². The van der Waals surface area contributed by atoms with Gasteiger partial charge in [0.1, 0.15) is 11.1 Å². The summed E-state index contributed by atoms with van der Waals surface area (Å²) in [7, 11) is -0.685. The molecule has 1 N–H and O–H groups in total. The van der Waals surface area contributed by atoms with Crippen molar-refractivity contribution in [2.75, 3.05) is 14.2 Å². The first-order chi connectivity index (χ1) is 8.92. The van der Waals surface area contributed by atoms with Gasteiger partial charge in [-0.3, -0.25) is 9.32 Å². The highest BCUT2D eigenvalue weighted by molar-refractivity contribution is 7.60. The van der Waals surface area contributed by atoms with Crippen LogP contribution in [0.4, 0.5) is 0 Å². The van der Waals surface area contributed by atoms with Crippen molar-refractivity contribution in [2.45, 2.75) is 13.8 Å². The quantitative estimate of drug-likeness (QED) is 0.667. The van der Waals surface area contributed by atoms with Gasteiger partial charge >= 0.3 is 7.60 Å². The summed E-state index contributed by atoms with van der Waals surface area (Å²) in [4.78, 5) is 12.5. The molecule has 5 nitrogen and oxygen atoms in total. The van der Waals surface area contributed by atoms with Crippen LogP contribution < -0.4 is 9.84 Å². The van der Waals surface area contributed by atoms with E-state index in [1.54, 1.807) is 32.2 Å². The average molecular weight is 281 g/mol. The summed E-state index contributed by atoms with van der Waals surface area (Å²) in [6, 6.07) is 5.16. The fraction of sp³-hybridized carbons (Fsp3) is 0.308. The molecule has 1 aliphatic heterocycles. The van der Waals surface area contributed by atoms with Crippen LogP contribution in [-0.2, 0) is 9.09 Å². The number of carbonyl (C=O) groups is 1. The molecule has 0 saturated carbocycles. The lowest BCUT2D eigenvalue weighted by Crippen LogP contribution is -2.21. The Kier molecular flexibility index (Phi) is 3.52.